The molecule has 6 N–H and O–H groups in total. The Kier molecular flexibility index (Phi) is 11.1. The van der Waals surface area contributed by atoms with Gasteiger partial charge in [-0.25, -0.2) is 0 Å². The lowest BCUT2D eigenvalue weighted by atomic mass is 9.83. The fraction of sp³-hybridized carbons (Fsp3) is 1.00. The Bertz CT molecular complexity index is 145. The first-order valence-electron chi connectivity index (χ1n) is 5.42. The molecule has 2 saturated carbocycles. The third kappa shape index (κ3) is 6.23. The number of aliphatic hydroxyl groups is 2. The van der Waals surface area contributed by atoms with E-state index in [4.69, 9.17) is 21.7 Å². The van der Waals surface area contributed by atoms with Gasteiger partial charge in [0.05, 0.1) is 12.2 Å². The first-order valence-corrected chi connectivity index (χ1v) is 5.42. The van der Waals surface area contributed by atoms with E-state index in [-0.39, 0.29) is 37.0 Å². The van der Waals surface area contributed by atoms with Gasteiger partial charge in [0.1, 0.15) is 0 Å². The van der Waals surface area contributed by atoms with Crippen molar-refractivity contribution >= 4 is 24.8 Å². The van der Waals surface area contributed by atoms with Crippen LogP contribution in [-0.4, -0.2) is 35.5 Å². The number of nitrogens with two attached hydrogens (primary N) is 2. The summed E-state index contributed by atoms with van der Waals surface area (Å²) in [4.78, 5) is 0. The molecule has 4 nitrogen and oxygen atoms in total. The van der Waals surface area contributed by atoms with E-state index in [2.05, 4.69) is 0 Å². The molecule has 0 aromatic carbocycles. The van der Waals surface area contributed by atoms with Gasteiger partial charge in [0, 0.05) is 0 Å². The van der Waals surface area contributed by atoms with Gasteiger partial charge in [-0.2, -0.15) is 0 Å². The van der Waals surface area contributed by atoms with E-state index in [1.807, 2.05) is 0 Å². The quantitative estimate of drug-likeness (QED) is 0.582. The summed E-state index contributed by atoms with van der Waals surface area (Å²) in [7, 11) is 0. The molecule has 0 bridgehead atoms. The molecule has 0 aliphatic heterocycles. The summed E-state index contributed by atoms with van der Waals surface area (Å²) in [5.41, 5.74) is 10.6. The van der Waals surface area contributed by atoms with Gasteiger partial charge in [0.15, 0.2) is 0 Å². The number of hydrogen-bond donors (Lipinski definition) is 4. The van der Waals surface area contributed by atoms with Crippen LogP contribution in [0.3, 0.4) is 0 Å². The Hall–Kier alpha value is 0.420. The summed E-state index contributed by atoms with van der Waals surface area (Å²) in [6.07, 6.45) is 3.64. The van der Waals surface area contributed by atoms with Crippen LogP contribution >= 0.6 is 24.8 Å². The van der Waals surface area contributed by atoms with Crippen LogP contribution in [0.25, 0.3) is 0 Å². The molecule has 0 radical (unpaired) electrons. The maximum absolute atomic E-state index is 8.69. The van der Waals surface area contributed by atoms with Crippen LogP contribution in [0.5, 0.6) is 0 Å². The fourth-order valence-electron chi connectivity index (χ4n) is 1.79. The summed E-state index contributed by atoms with van der Waals surface area (Å²) in [6.45, 7) is 1.49. The molecule has 0 amide bonds. The molecule has 2 rings (SSSR count). The van der Waals surface area contributed by atoms with E-state index >= 15 is 0 Å². The Balaban J connectivity index is 0. The first-order chi connectivity index (χ1) is 6.65. The molecule has 2 fully saturated rings. The zero-order valence-corrected chi connectivity index (χ0v) is 11.1. The van der Waals surface area contributed by atoms with Gasteiger partial charge in [-0.1, -0.05) is 0 Å². The predicted octanol–water partition coefficient (Wildman–Crippen LogP) is 0.276. The Labute approximate surface area is 110 Å². The topological polar surface area (TPSA) is 92.5 Å². The minimum atomic E-state index is -0.0338. The molecule has 6 heteroatoms. The summed E-state index contributed by atoms with van der Waals surface area (Å²) < 4.78 is 0. The number of hydrogen-bond acceptors (Lipinski definition) is 4. The minimum Gasteiger partial charge on any atom is -0.393 e. The number of aliphatic hydroxyl groups excluding tert-OH is 2. The third-order valence-corrected chi connectivity index (χ3v) is 3.09. The van der Waals surface area contributed by atoms with Gasteiger partial charge >= 0.3 is 0 Å². The lowest BCUT2D eigenvalue weighted by molar-refractivity contribution is 0.0466. The van der Waals surface area contributed by atoms with Crippen LogP contribution in [-0.2, 0) is 0 Å². The van der Waals surface area contributed by atoms with Crippen molar-refractivity contribution in [1.82, 2.24) is 0 Å². The van der Waals surface area contributed by atoms with Crippen molar-refractivity contribution in [3.05, 3.63) is 0 Å². The van der Waals surface area contributed by atoms with Crippen LogP contribution in [0.15, 0.2) is 0 Å². The molecule has 0 spiro atoms. The molecule has 2 aliphatic carbocycles. The van der Waals surface area contributed by atoms with Crippen LogP contribution in [0.2, 0.25) is 0 Å². The van der Waals surface area contributed by atoms with E-state index in [0.717, 1.165) is 38.8 Å². The standard InChI is InChI=1S/2C5H11NO.2ClH/c2*6-3-4-1-5(7)2-4;;/h2*4-5,7H,1-3,6H2;2*1H. The second-order valence-corrected chi connectivity index (χ2v) is 4.45. The lowest BCUT2D eigenvalue weighted by Gasteiger charge is -2.29. The zero-order chi connectivity index (χ0) is 10.6. The van der Waals surface area contributed by atoms with Crippen LogP contribution in [0.4, 0.5) is 0 Å². The van der Waals surface area contributed by atoms with Gasteiger partial charge in [-0.3, -0.25) is 0 Å². The summed E-state index contributed by atoms with van der Waals surface area (Å²) in [5, 5.41) is 17.4. The fourth-order valence-corrected chi connectivity index (χ4v) is 1.79. The highest BCUT2D eigenvalue weighted by molar-refractivity contribution is 5.85. The molecule has 0 unspecified atom stereocenters. The zero-order valence-electron chi connectivity index (χ0n) is 9.42. The van der Waals surface area contributed by atoms with Crippen molar-refractivity contribution in [3.63, 3.8) is 0 Å². The Morgan fingerprint density at radius 3 is 1.06 bits per heavy atom. The highest BCUT2D eigenvalue weighted by atomic mass is 35.5. The SMILES string of the molecule is Cl.Cl.NCC1CC(O)C1.NCC1CC(O)C1. The summed E-state index contributed by atoms with van der Waals surface area (Å²) in [6, 6.07) is 0. The van der Waals surface area contributed by atoms with E-state index in [1.54, 1.807) is 0 Å². The Morgan fingerprint density at radius 1 is 0.750 bits per heavy atom. The average Bonchev–Trinajstić information content (AvgIpc) is 2.08. The van der Waals surface area contributed by atoms with Crippen LogP contribution in [0, 0.1) is 11.8 Å². The molecule has 16 heavy (non-hydrogen) atoms. The first kappa shape index (κ1) is 18.8. The van der Waals surface area contributed by atoms with E-state index < -0.39 is 0 Å². The van der Waals surface area contributed by atoms with Gasteiger partial charge < -0.3 is 21.7 Å². The van der Waals surface area contributed by atoms with Crippen molar-refractivity contribution in [2.45, 2.75) is 37.9 Å². The monoisotopic (exact) mass is 274 g/mol. The van der Waals surface area contributed by atoms with Gasteiger partial charge in [0.25, 0.3) is 0 Å². The average molecular weight is 275 g/mol. The van der Waals surface area contributed by atoms with E-state index in [1.165, 1.54) is 0 Å². The predicted molar refractivity (Wildman–Crippen MR) is 70.1 cm³/mol. The molecule has 0 saturated heterocycles. The molecule has 0 heterocycles. The van der Waals surface area contributed by atoms with Gasteiger partial charge in [0.2, 0.25) is 0 Å². The second kappa shape index (κ2) is 9.45. The molecule has 2 aliphatic rings. The van der Waals surface area contributed by atoms with E-state index in [0.29, 0.717) is 11.8 Å². The highest BCUT2D eigenvalue weighted by Crippen LogP contribution is 2.25. The highest BCUT2D eigenvalue weighted by Gasteiger charge is 2.25. The molecule has 100 valence electrons. The van der Waals surface area contributed by atoms with Crippen molar-refractivity contribution in [3.8, 4) is 0 Å². The number of halogens is 2. The summed E-state index contributed by atoms with van der Waals surface area (Å²) >= 11 is 0. The third-order valence-electron chi connectivity index (χ3n) is 3.09. The molecular weight excluding hydrogens is 251 g/mol. The largest absolute Gasteiger partial charge is 0.393 e. The second-order valence-electron chi connectivity index (χ2n) is 4.45. The minimum absolute atomic E-state index is 0. The van der Waals surface area contributed by atoms with E-state index in [9.17, 15) is 0 Å². The molecule has 0 atom stereocenters. The van der Waals surface area contributed by atoms with Crippen molar-refractivity contribution in [2.75, 3.05) is 13.1 Å². The maximum Gasteiger partial charge on any atom is 0.0546 e. The van der Waals surface area contributed by atoms with Crippen molar-refractivity contribution in [2.24, 2.45) is 23.3 Å². The van der Waals surface area contributed by atoms with Gasteiger partial charge in [-0.05, 0) is 50.6 Å². The smallest absolute Gasteiger partial charge is 0.0546 e. The van der Waals surface area contributed by atoms with Crippen LogP contribution in [0.1, 0.15) is 25.7 Å². The van der Waals surface area contributed by atoms with Gasteiger partial charge in [-0.15, -0.1) is 24.8 Å². The van der Waals surface area contributed by atoms with Crippen LogP contribution < -0.4 is 11.5 Å². The molecule has 0 aromatic heterocycles. The van der Waals surface area contributed by atoms with Crippen molar-refractivity contribution in [1.29, 1.82) is 0 Å². The molecular formula is C10H24Cl2N2O2. The Morgan fingerprint density at radius 2 is 1.00 bits per heavy atom. The van der Waals surface area contributed by atoms with Crippen molar-refractivity contribution < 1.29 is 10.2 Å². The maximum atomic E-state index is 8.69. The normalized spacial score (nSPS) is 35.2. The molecule has 0 aromatic rings. The number of rotatable bonds is 2. The lowest BCUT2D eigenvalue weighted by Crippen LogP contribution is -2.33. The summed E-state index contributed by atoms with van der Waals surface area (Å²) in [5.74, 6) is 1.24.